The van der Waals surface area contributed by atoms with Gasteiger partial charge in [-0.1, -0.05) is 19.9 Å². The molecule has 0 aromatic heterocycles. The van der Waals surface area contributed by atoms with Crippen molar-refractivity contribution in [3.05, 3.63) is 58.1 Å². The average Bonchev–Trinajstić information content (AvgIpc) is 2.50. The smallest absolute Gasteiger partial charge is 0.311 e. The van der Waals surface area contributed by atoms with Crippen molar-refractivity contribution in [2.24, 2.45) is 5.92 Å². The molecule has 1 amide bonds. The van der Waals surface area contributed by atoms with Crippen molar-refractivity contribution >= 4 is 17.3 Å². The van der Waals surface area contributed by atoms with E-state index in [2.05, 4.69) is 5.32 Å². The summed E-state index contributed by atoms with van der Waals surface area (Å²) >= 11 is 0. The topological polar surface area (TPSA) is 81.5 Å². The summed E-state index contributed by atoms with van der Waals surface area (Å²) in [6, 6.07) is 11.5. The second kappa shape index (κ2) is 6.91. The number of carbonyl (C=O) groups is 1. The molecule has 0 bridgehead atoms. The number of nitrogens with one attached hydrogen (secondary N) is 1. The third-order valence-electron chi connectivity index (χ3n) is 3.19. The Hall–Kier alpha value is -2.89. The van der Waals surface area contributed by atoms with Crippen LogP contribution in [0.5, 0.6) is 11.5 Å². The van der Waals surface area contributed by atoms with E-state index in [-0.39, 0.29) is 23.3 Å². The summed E-state index contributed by atoms with van der Waals surface area (Å²) in [4.78, 5) is 22.2. The lowest BCUT2D eigenvalue weighted by atomic mass is 10.2. The van der Waals surface area contributed by atoms with Gasteiger partial charge in [0.25, 0.3) is 0 Å². The minimum Gasteiger partial charge on any atom is -0.450 e. The van der Waals surface area contributed by atoms with E-state index in [1.807, 2.05) is 13.8 Å². The van der Waals surface area contributed by atoms with E-state index in [0.717, 1.165) is 5.56 Å². The van der Waals surface area contributed by atoms with Crippen molar-refractivity contribution in [1.82, 2.24) is 0 Å². The molecule has 1 N–H and O–H groups in total. The molecular weight excluding hydrogens is 296 g/mol. The van der Waals surface area contributed by atoms with E-state index in [1.54, 1.807) is 43.3 Å². The van der Waals surface area contributed by atoms with Gasteiger partial charge in [0, 0.05) is 17.7 Å². The minimum atomic E-state index is -0.473. The Balaban J connectivity index is 2.16. The number of hydrogen-bond donors (Lipinski definition) is 1. The van der Waals surface area contributed by atoms with Crippen molar-refractivity contribution in [1.29, 1.82) is 0 Å². The average molecular weight is 314 g/mol. The van der Waals surface area contributed by atoms with Crippen LogP contribution < -0.4 is 10.1 Å². The number of aryl methyl sites for hydroxylation is 1. The molecular formula is C17H18N2O4. The summed E-state index contributed by atoms with van der Waals surface area (Å²) < 4.78 is 5.58. The molecule has 6 nitrogen and oxygen atoms in total. The quantitative estimate of drug-likeness (QED) is 0.659. The normalized spacial score (nSPS) is 10.4. The predicted octanol–water partition coefficient (Wildman–Crippen LogP) is 4.29. The highest BCUT2D eigenvalue weighted by Gasteiger charge is 2.16. The molecule has 0 saturated carbocycles. The molecule has 0 saturated heterocycles. The SMILES string of the molecule is Cc1ccc(Oc2ccc(NC(=O)C(C)C)cc2)c([N+](=O)[O-])c1. The monoisotopic (exact) mass is 314 g/mol. The second-order valence-corrected chi connectivity index (χ2v) is 5.50. The Kier molecular flexibility index (Phi) is 4.95. The van der Waals surface area contributed by atoms with Gasteiger partial charge in [-0.2, -0.15) is 0 Å². The number of nitrogens with zero attached hydrogens (tertiary/aromatic N) is 1. The lowest BCUT2D eigenvalue weighted by molar-refractivity contribution is -0.385. The Morgan fingerprint density at radius 3 is 2.39 bits per heavy atom. The summed E-state index contributed by atoms with van der Waals surface area (Å²) in [6.45, 7) is 5.40. The van der Waals surface area contributed by atoms with Crippen LogP contribution in [0.3, 0.4) is 0 Å². The molecule has 6 heteroatoms. The van der Waals surface area contributed by atoms with Crippen molar-refractivity contribution in [2.75, 3.05) is 5.32 Å². The van der Waals surface area contributed by atoms with Gasteiger partial charge in [0.15, 0.2) is 0 Å². The summed E-state index contributed by atoms with van der Waals surface area (Å²) in [5.41, 5.74) is 1.35. The molecule has 23 heavy (non-hydrogen) atoms. The first-order valence-electron chi connectivity index (χ1n) is 7.20. The van der Waals surface area contributed by atoms with E-state index in [9.17, 15) is 14.9 Å². The fourth-order valence-electron chi connectivity index (χ4n) is 1.88. The molecule has 0 atom stereocenters. The van der Waals surface area contributed by atoms with Crippen LogP contribution in [-0.4, -0.2) is 10.8 Å². The van der Waals surface area contributed by atoms with Crippen LogP contribution in [0.2, 0.25) is 0 Å². The maximum Gasteiger partial charge on any atom is 0.311 e. The molecule has 0 spiro atoms. The van der Waals surface area contributed by atoms with E-state index in [4.69, 9.17) is 4.74 Å². The van der Waals surface area contributed by atoms with Gasteiger partial charge in [-0.05, 0) is 42.8 Å². The molecule has 0 radical (unpaired) electrons. The van der Waals surface area contributed by atoms with Crippen molar-refractivity contribution < 1.29 is 14.5 Å². The first kappa shape index (κ1) is 16.5. The molecule has 2 aromatic carbocycles. The molecule has 2 rings (SSSR count). The number of benzene rings is 2. The Morgan fingerprint density at radius 1 is 1.17 bits per heavy atom. The highest BCUT2D eigenvalue weighted by Crippen LogP contribution is 2.32. The van der Waals surface area contributed by atoms with Gasteiger partial charge in [0.05, 0.1) is 4.92 Å². The molecule has 0 fully saturated rings. The highest BCUT2D eigenvalue weighted by molar-refractivity contribution is 5.92. The van der Waals surface area contributed by atoms with Crippen LogP contribution in [0.1, 0.15) is 19.4 Å². The van der Waals surface area contributed by atoms with Gasteiger partial charge in [-0.15, -0.1) is 0 Å². The number of nitro groups is 1. The number of anilines is 1. The lowest BCUT2D eigenvalue weighted by Gasteiger charge is -2.10. The van der Waals surface area contributed by atoms with Crippen molar-refractivity contribution in [2.45, 2.75) is 20.8 Å². The third-order valence-corrected chi connectivity index (χ3v) is 3.19. The maximum absolute atomic E-state index is 11.6. The number of rotatable bonds is 5. The fraction of sp³-hybridized carbons (Fsp3) is 0.235. The molecule has 0 unspecified atom stereocenters. The molecule has 120 valence electrons. The van der Waals surface area contributed by atoms with Crippen LogP contribution in [0.25, 0.3) is 0 Å². The predicted molar refractivity (Wildman–Crippen MR) is 87.8 cm³/mol. The number of hydrogen-bond acceptors (Lipinski definition) is 4. The molecule has 0 aliphatic carbocycles. The van der Waals surface area contributed by atoms with Crippen LogP contribution in [0.15, 0.2) is 42.5 Å². The first-order valence-corrected chi connectivity index (χ1v) is 7.20. The van der Waals surface area contributed by atoms with Gasteiger partial charge < -0.3 is 10.1 Å². The van der Waals surface area contributed by atoms with Crippen LogP contribution >= 0.6 is 0 Å². The van der Waals surface area contributed by atoms with E-state index < -0.39 is 4.92 Å². The number of nitro benzene ring substituents is 1. The van der Waals surface area contributed by atoms with Crippen LogP contribution in [-0.2, 0) is 4.79 Å². The number of carbonyl (C=O) groups excluding carboxylic acids is 1. The largest absolute Gasteiger partial charge is 0.450 e. The number of ether oxygens (including phenoxy) is 1. The minimum absolute atomic E-state index is 0.0761. The van der Waals surface area contributed by atoms with E-state index >= 15 is 0 Å². The van der Waals surface area contributed by atoms with Gasteiger partial charge in [0.1, 0.15) is 5.75 Å². The third kappa shape index (κ3) is 4.29. The highest BCUT2D eigenvalue weighted by atomic mass is 16.6. The summed E-state index contributed by atoms with van der Waals surface area (Å²) in [6.07, 6.45) is 0. The molecule has 2 aromatic rings. The van der Waals surface area contributed by atoms with Crippen molar-refractivity contribution in [3.8, 4) is 11.5 Å². The molecule has 0 heterocycles. The Bertz CT molecular complexity index is 724. The molecule has 0 aliphatic heterocycles. The van der Waals surface area contributed by atoms with Crippen LogP contribution in [0, 0.1) is 23.0 Å². The summed E-state index contributed by atoms with van der Waals surface area (Å²) in [5.74, 6) is 0.452. The lowest BCUT2D eigenvalue weighted by Crippen LogP contribution is -2.17. The fourth-order valence-corrected chi connectivity index (χ4v) is 1.88. The summed E-state index contributed by atoms with van der Waals surface area (Å²) in [5, 5.41) is 13.8. The Labute approximate surface area is 134 Å². The van der Waals surface area contributed by atoms with Gasteiger partial charge in [-0.3, -0.25) is 14.9 Å². The maximum atomic E-state index is 11.6. The van der Waals surface area contributed by atoms with Crippen LogP contribution in [0.4, 0.5) is 11.4 Å². The standard InChI is InChI=1S/C17H18N2O4/c1-11(2)17(20)18-13-5-7-14(8-6-13)23-16-9-4-12(3)10-15(16)19(21)22/h4-11H,1-3H3,(H,18,20). The van der Waals surface area contributed by atoms with E-state index in [0.29, 0.717) is 11.4 Å². The van der Waals surface area contributed by atoms with Gasteiger partial charge in [-0.25, -0.2) is 0 Å². The molecule has 0 aliphatic rings. The van der Waals surface area contributed by atoms with E-state index in [1.165, 1.54) is 6.07 Å². The van der Waals surface area contributed by atoms with Crippen molar-refractivity contribution in [3.63, 3.8) is 0 Å². The summed E-state index contributed by atoms with van der Waals surface area (Å²) in [7, 11) is 0. The van der Waals surface area contributed by atoms with Gasteiger partial charge >= 0.3 is 5.69 Å². The number of amides is 1. The Morgan fingerprint density at radius 2 is 1.83 bits per heavy atom. The zero-order valence-electron chi connectivity index (χ0n) is 13.2. The zero-order valence-corrected chi connectivity index (χ0v) is 13.2. The second-order valence-electron chi connectivity index (χ2n) is 5.50. The van der Waals surface area contributed by atoms with Gasteiger partial charge in [0.2, 0.25) is 11.7 Å². The zero-order chi connectivity index (χ0) is 17.0. The first-order chi connectivity index (χ1) is 10.9.